The first-order chi connectivity index (χ1) is 9.85. The second-order valence-corrected chi connectivity index (χ2v) is 6.62. The highest BCUT2D eigenvalue weighted by molar-refractivity contribution is 5.39. The third kappa shape index (κ3) is 3.36. The lowest BCUT2D eigenvalue weighted by Crippen LogP contribution is -2.15. The van der Waals surface area contributed by atoms with Gasteiger partial charge in [-0.05, 0) is 47.9 Å². The summed E-state index contributed by atoms with van der Waals surface area (Å²) in [4.78, 5) is 0. The van der Waals surface area contributed by atoms with Crippen molar-refractivity contribution >= 4 is 0 Å². The van der Waals surface area contributed by atoms with Crippen LogP contribution in [0.15, 0.2) is 42.5 Å². The van der Waals surface area contributed by atoms with Gasteiger partial charge in [0.15, 0.2) is 0 Å². The number of hydrogen-bond donors (Lipinski definition) is 1. The maximum absolute atomic E-state index is 10.6. The van der Waals surface area contributed by atoms with Gasteiger partial charge in [-0.1, -0.05) is 68.8 Å². The van der Waals surface area contributed by atoms with E-state index < -0.39 is 6.10 Å². The molecule has 0 aliphatic heterocycles. The van der Waals surface area contributed by atoms with Crippen LogP contribution < -0.4 is 0 Å². The van der Waals surface area contributed by atoms with Gasteiger partial charge in [-0.2, -0.15) is 0 Å². The Hall–Kier alpha value is -1.60. The van der Waals surface area contributed by atoms with Gasteiger partial charge >= 0.3 is 0 Å². The van der Waals surface area contributed by atoms with E-state index in [-0.39, 0.29) is 5.41 Å². The molecule has 0 saturated carbocycles. The third-order valence-corrected chi connectivity index (χ3v) is 4.61. The van der Waals surface area contributed by atoms with E-state index >= 15 is 0 Å². The molecule has 2 aromatic rings. The van der Waals surface area contributed by atoms with E-state index in [9.17, 15) is 5.11 Å². The first-order valence-corrected chi connectivity index (χ1v) is 7.71. The number of rotatable bonds is 4. The Kier molecular flexibility index (Phi) is 4.53. The fourth-order valence-electron chi connectivity index (χ4n) is 2.63. The van der Waals surface area contributed by atoms with Crippen LogP contribution in [0, 0.1) is 13.8 Å². The Balaban J connectivity index is 2.30. The number of hydrogen-bond acceptors (Lipinski definition) is 1. The molecule has 1 N–H and O–H groups in total. The van der Waals surface area contributed by atoms with Crippen molar-refractivity contribution in [2.24, 2.45) is 0 Å². The highest BCUT2D eigenvalue weighted by atomic mass is 16.3. The van der Waals surface area contributed by atoms with Crippen LogP contribution in [0.5, 0.6) is 0 Å². The van der Waals surface area contributed by atoms with Crippen LogP contribution in [-0.4, -0.2) is 5.11 Å². The van der Waals surface area contributed by atoms with Gasteiger partial charge in [0.25, 0.3) is 0 Å². The van der Waals surface area contributed by atoms with Crippen molar-refractivity contribution in [3.63, 3.8) is 0 Å². The normalized spacial score (nSPS) is 13.2. The van der Waals surface area contributed by atoms with Crippen molar-refractivity contribution in [1.29, 1.82) is 0 Å². The Morgan fingerprint density at radius 2 is 1.62 bits per heavy atom. The van der Waals surface area contributed by atoms with Crippen molar-refractivity contribution in [3.05, 3.63) is 70.3 Å². The van der Waals surface area contributed by atoms with Crippen molar-refractivity contribution in [3.8, 4) is 0 Å². The molecular weight excluding hydrogens is 256 g/mol. The van der Waals surface area contributed by atoms with E-state index in [0.29, 0.717) is 0 Å². The molecule has 21 heavy (non-hydrogen) atoms. The summed E-state index contributed by atoms with van der Waals surface area (Å²) >= 11 is 0. The molecule has 2 aromatic carbocycles. The van der Waals surface area contributed by atoms with E-state index in [1.165, 1.54) is 11.1 Å². The summed E-state index contributed by atoms with van der Waals surface area (Å²) in [5, 5.41) is 10.6. The summed E-state index contributed by atoms with van der Waals surface area (Å²) in [6.07, 6.45) is 0.552. The summed E-state index contributed by atoms with van der Waals surface area (Å²) in [5.41, 5.74) is 5.81. The Labute approximate surface area is 128 Å². The molecule has 0 amide bonds. The fraction of sp³-hybridized carbons (Fsp3) is 0.400. The number of aliphatic hydroxyl groups is 1. The van der Waals surface area contributed by atoms with Gasteiger partial charge in [0.2, 0.25) is 0 Å². The summed E-state index contributed by atoms with van der Waals surface area (Å²) in [6.45, 7) is 10.8. The molecule has 1 nitrogen and oxygen atoms in total. The van der Waals surface area contributed by atoms with Gasteiger partial charge in [-0.15, -0.1) is 0 Å². The SMILES string of the molecule is CCC(C)(C)c1ccc(C(O)c2ccc(C)cc2C)cc1. The molecule has 1 heteroatoms. The maximum Gasteiger partial charge on any atom is 0.104 e. The molecule has 2 rings (SSSR count). The van der Waals surface area contributed by atoms with Crippen LogP contribution in [0.2, 0.25) is 0 Å². The van der Waals surface area contributed by atoms with Gasteiger partial charge in [0, 0.05) is 0 Å². The molecule has 0 fully saturated rings. The second kappa shape index (κ2) is 6.03. The smallest absolute Gasteiger partial charge is 0.104 e. The molecule has 0 radical (unpaired) electrons. The Bertz CT molecular complexity index is 608. The third-order valence-electron chi connectivity index (χ3n) is 4.61. The minimum atomic E-state index is -0.551. The van der Waals surface area contributed by atoms with E-state index in [4.69, 9.17) is 0 Å². The lowest BCUT2D eigenvalue weighted by Gasteiger charge is -2.24. The molecule has 0 heterocycles. The predicted octanol–water partition coefficient (Wildman–Crippen LogP) is 5.07. The summed E-state index contributed by atoms with van der Waals surface area (Å²) in [6, 6.07) is 14.6. The largest absolute Gasteiger partial charge is 0.384 e. The average molecular weight is 282 g/mol. The van der Waals surface area contributed by atoms with Gasteiger partial charge < -0.3 is 5.11 Å². The monoisotopic (exact) mass is 282 g/mol. The molecule has 0 aromatic heterocycles. The zero-order chi connectivity index (χ0) is 15.6. The van der Waals surface area contributed by atoms with E-state index in [1.54, 1.807) is 0 Å². The molecule has 1 unspecified atom stereocenters. The zero-order valence-electron chi connectivity index (χ0n) is 13.8. The van der Waals surface area contributed by atoms with Gasteiger partial charge in [-0.3, -0.25) is 0 Å². The van der Waals surface area contributed by atoms with Crippen LogP contribution in [0.25, 0.3) is 0 Å². The lowest BCUT2D eigenvalue weighted by molar-refractivity contribution is 0.219. The minimum absolute atomic E-state index is 0.184. The topological polar surface area (TPSA) is 20.2 Å². The summed E-state index contributed by atoms with van der Waals surface area (Å²) in [5.74, 6) is 0. The summed E-state index contributed by atoms with van der Waals surface area (Å²) < 4.78 is 0. The first-order valence-electron chi connectivity index (χ1n) is 7.71. The van der Waals surface area contributed by atoms with Gasteiger partial charge in [0.05, 0.1) is 0 Å². The molecule has 0 spiro atoms. The standard InChI is InChI=1S/C20H26O/c1-6-20(4,5)17-10-8-16(9-11-17)19(21)18-12-7-14(2)13-15(18)3/h7-13,19,21H,6H2,1-5H3. The van der Waals surface area contributed by atoms with Crippen molar-refractivity contribution in [1.82, 2.24) is 0 Å². The summed E-state index contributed by atoms with van der Waals surface area (Å²) in [7, 11) is 0. The van der Waals surface area contributed by atoms with E-state index in [2.05, 4.69) is 71.0 Å². The first kappa shape index (κ1) is 15.8. The van der Waals surface area contributed by atoms with E-state index in [0.717, 1.165) is 23.1 Å². The lowest BCUT2D eigenvalue weighted by atomic mass is 9.81. The van der Waals surface area contributed by atoms with Crippen molar-refractivity contribution in [2.75, 3.05) is 0 Å². The fourth-order valence-corrected chi connectivity index (χ4v) is 2.63. The van der Waals surface area contributed by atoms with Gasteiger partial charge in [-0.25, -0.2) is 0 Å². The minimum Gasteiger partial charge on any atom is -0.384 e. The zero-order valence-corrected chi connectivity index (χ0v) is 13.8. The molecule has 1 atom stereocenters. The molecular formula is C20H26O. The highest BCUT2D eigenvalue weighted by Crippen LogP contribution is 2.30. The molecule has 0 saturated heterocycles. The Morgan fingerprint density at radius 1 is 1.00 bits per heavy atom. The van der Waals surface area contributed by atoms with Crippen LogP contribution in [0.4, 0.5) is 0 Å². The van der Waals surface area contributed by atoms with Crippen LogP contribution in [-0.2, 0) is 5.41 Å². The maximum atomic E-state index is 10.6. The number of benzene rings is 2. The molecule has 0 aliphatic rings. The predicted molar refractivity (Wildman–Crippen MR) is 89.7 cm³/mol. The second-order valence-electron chi connectivity index (χ2n) is 6.62. The Morgan fingerprint density at radius 3 is 2.14 bits per heavy atom. The number of aryl methyl sites for hydroxylation is 2. The average Bonchev–Trinajstić information content (AvgIpc) is 2.47. The quantitative estimate of drug-likeness (QED) is 0.829. The van der Waals surface area contributed by atoms with Crippen LogP contribution >= 0.6 is 0 Å². The van der Waals surface area contributed by atoms with Crippen LogP contribution in [0.3, 0.4) is 0 Å². The highest BCUT2D eigenvalue weighted by Gasteiger charge is 2.19. The van der Waals surface area contributed by atoms with Crippen molar-refractivity contribution in [2.45, 2.75) is 52.6 Å². The molecule has 112 valence electrons. The van der Waals surface area contributed by atoms with Crippen molar-refractivity contribution < 1.29 is 5.11 Å². The molecule has 0 bridgehead atoms. The number of aliphatic hydroxyl groups excluding tert-OH is 1. The van der Waals surface area contributed by atoms with Gasteiger partial charge in [0.1, 0.15) is 6.10 Å². The van der Waals surface area contributed by atoms with Crippen LogP contribution in [0.1, 0.15) is 61.1 Å². The molecule has 0 aliphatic carbocycles. The van der Waals surface area contributed by atoms with E-state index in [1.807, 2.05) is 6.07 Å².